The van der Waals surface area contributed by atoms with E-state index < -0.39 is 6.04 Å². The topological polar surface area (TPSA) is 73.6 Å². The zero-order valence-corrected chi connectivity index (χ0v) is 12.5. The molecule has 0 aromatic heterocycles. The minimum Gasteiger partial charge on any atom is -0.497 e. The number of benzene rings is 2. The van der Waals surface area contributed by atoms with Crippen LogP contribution in [0.4, 0.5) is 5.69 Å². The van der Waals surface area contributed by atoms with Crippen LogP contribution in [-0.2, 0) is 4.79 Å². The molecular weight excluding hydrogens is 280 g/mol. The number of hydrogen-bond donors (Lipinski definition) is 2. The Hall–Kier alpha value is -2.53. The molecule has 0 spiro atoms. The molecule has 0 fully saturated rings. The van der Waals surface area contributed by atoms with Gasteiger partial charge >= 0.3 is 0 Å². The predicted octanol–water partition coefficient (Wildman–Crippen LogP) is 2.43. The lowest BCUT2D eigenvalue weighted by Crippen LogP contribution is -2.36. The van der Waals surface area contributed by atoms with Crippen LogP contribution < -0.4 is 20.5 Å². The summed E-state index contributed by atoms with van der Waals surface area (Å²) in [6.45, 7) is 0.371. The molecule has 116 valence electrons. The van der Waals surface area contributed by atoms with Crippen LogP contribution in [0.2, 0.25) is 0 Å². The number of nitrogens with two attached hydrogens (primary N) is 1. The molecular formula is C17H20N2O3. The van der Waals surface area contributed by atoms with Crippen LogP contribution in [0.1, 0.15) is 6.42 Å². The van der Waals surface area contributed by atoms with E-state index >= 15 is 0 Å². The highest BCUT2D eigenvalue weighted by Crippen LogP contribution is 2.17. The zero-order valence-electron chi connectivity index (χ0n) is 12.5. The standard InChI is InChI=1S/C17H20N2O3/c1-21-14-7-9-15(10-8-14)22-12-11-16(18)17(20)19-13-5-3-2-4-6-13/h2-10,16H,11-12,18H2,1H3,(H,19,20). The molecule has 1 unspecified atom stereocenters. The second-order valence-corrected chi connectivity index (χ2v) is 4.77. The summed E-state index contributed by atoms with van der Waals surface area (Å²) in [6, 6.07) is 15.9. The highest BCUT2D eigenvalue weighted by atomic mass is 16.5. The van der Waals surface area contributed by atoms with E-state index in [2.05, 4.69) is 5.32 Å². The fourth-order valence-corrected chi connectivity index (χ4v) is 1.86. The third-order valence-electron chi connectivity index (χ3n) is 3.14. The Kier molecular flexibility index (Phi) is 5.80. The lowest BCUT2D eigenvalue weighted by atomic mass is 10.2. The Morgan fingerprint density at radius 3 is 2.36 bits per heavy atom. The predicted molar refractivity (Wildman–Crippen MR) is 86.2 cm³/mol. The Labute approximate surface area is 130 Å². The van der Waals surface area contributed by atoms with Crippen molar-refractivity contribution in [2.75, 3.05) is 19.0 Å². The van der Waals surface area contributed by atoms with Crippen LogP contribution in [0, 0.1) is 0 Å². The van der Waals surface area contributed by atoms with Gasteiger partial charge in [0.25, 0.3) is 0 Å². The molecule has 3 N–H and O–H groups in total. The monoisotopic (exact) mass is 300 g/mol. The molecule has 0 aliphatic carbocycles. The molecule has 5 nitrogen and oxygen atoms in total. The average Bonchev–Trinajstić information content (AvgIpc) is 2.56. The number of para-hydroxylation sites is 1. The molecule has 2 aromatic rings. The number of anilines is 1. The fraction of sp³-hybridized carbons (Fsp3) is 0.235. The number of amides is 1. The van der Waals surface area contributed by atoms with Crippen molar-refractivity contribution < 1.29 is 14.3 Å². The van der Waals surface area contributed by atoms with Crippen molar-refractivity contribution in [3.63, 3.8) is 0 Å². The maximum Gasteiger partial charge on any atom is 0.241 e. The van der Waals surface area contributed by atoms with Crippen LogP contribution in [-0.4, -0.2) is 25.7 Å². The number of carbonyl (C=O) groups excluding carboxylic acids is 1. The van der Waals surface area contributed by atoms with Crippen molar-refractivity contribution in [3.8, 4) is 11.5 Å². The molecule has 2 rings (SSSR count). The van der Waals surface area contributed by atoms with Crippen molar-refractivity contribution in [3.05, 3.63) is 54.6 Å². The first-order valence-corrected chi connectivity index (χ1v) is 7.07. The summed E-state index contributed by atoms with van der Waals surface area (Å²) in [5, 5.41) is 2.77. The van der Waals surface area contributed by atoms with E-state index in [9.17, 15) is 4.79 Å². The van der Waals surface area contributed by atoms with Gasteiger partial charge in [-0.05, 0) is 36.4 Å². The van der Waals surface area contributed by atoms with E-state index in [1.165, 1.54) is 0 Å². The Balaban J connectivity index is 1.74. The maximum absolute atomic E-state index is 11.9. The zero-order chi connectivity index (χ0) is 15.8. The van der Waals surface area contributed by atoms with E-state index in [0.29, 0.717) is 13.0 Å². The van der Waals surface area contributed by atoms with Gasteiger partial charge in [-0.25, -0.2) is 0 Å². The van der Waals surface area contributed by atoms with Gasteiger partial charge in [0.05, 0.1) is 19.8 Å². The fourth-order valence-electron chi connectivity index (χ4n) is 1.86. The van der Waals surface area contributed by atoms with Crippen LogP contribution in [0.5, 0.6) is 11.5 Å². The molecule has 1 amide bonds. The van der Waals surface area contributed by atoms with E-state index in [4.69, 9.17) is 15.2 Å². The molecule has 22 heavy (non-hydrogen) atoms. The molecule has 5 heteroatoms. The lowest BCUT2D eigenvalue weighted by Gasteiger charge is -2.13. The van der Waals surface area contributed by atoms with Gasteiger partial charge in [0.1, 0.15) is 11.5 Å². The van der Waals surface area contributed by atoms with Crippen LogP contribution in [0.25, 0.3) is 0 Å². The van der Waals surface area contributed by atoms with Gasteiger partial charge in [-0.3, -0.25) is 4.79 Å². The summed E-state index contributed by atoms with van der Waals surface area (Å²) in [4.78, 5) is 11.9. The van der Waals surface area contributed by atoms with E-state index in [0.717, 1.165) is 17.2 Å². The number of rotatable bonds is 7. The summed E-state index contributed by atoms with van der Waals surface area (Å²) in [7, 11) is 1.61. The van der Waals surface area contributed by atoms with E-state index in [1.54, 1.807) is 7.11 Å². The van der Waals surface area contributed by atoms with Crippen molar-refractivity contribution in [2.24, 2.45) is 5.73 Å². The van der Waals surface area contributed by atoms with Gasteiger partial charge in [-0.15, -0.1) is 0 Å². The highest BCUT2D eigenvalue weighted by Gasteiger charge is 2.13. The van der Waals surface area contributed by atoms with Gasteiger partial charge in [-0.2, -0.15) is 0 Å². The first kappa shape index (κ1) is 15.9. The van der Waals surface area contributed by atoms with Crippen LogP contribution in [0.15, 0.2) is 54.6 Å². The van der Waals surface area contributed by atoms with Crippen molar-refractivity contribution in [2.45, 2.75) is 12.5 Å². The Morgan fingerprint density at radius 2 is 1.73 bits per heavy atom. The van der Waals surface area contributed by atoms with Gasteiger partial charge in [0, 0.05) is 12.1 Å². The number of ether oxygens (including phenoxy) is 2. The minimum absolute atomic E-state index is 0.218. The summed E-state index contributed by atoms with van der Waals surface area (Å²) in [6.07, 6.45) is 0.435. The molecule has 0 heterocycles. The molecule has 0 saturated carbocycles. The number of carbonyl (C=O) groups is 1. The average molecular weight is 300 g/mol. The third kappa shape index (κ3) is 4.79. The maximum atomic E-state index is 11.9. The van der Waals surface area contributed by atoms with Crippen molar-refractivity contribution in [1.29, 1.82) is 0 Å². The summed E-state index contributed by atoms with van der Waals surface area (Å²) < 4.78 is 10.6. The summed E-state index contributed by atoms with van der Waals surface area (Å²) in [5.41, 5.74) is 6.60. The summed E-state index contributed by atoms with van der Waals surface area (Å²) in [5.74, 6) is 1.27. The molecule has 0 radical (unpaired) electrons. The van der Waals surface area contributed by atoms with E-state index in [1.807, 2.05) is 54.6 Å². The number of nitrogens with one attached hydrogen (secondary N) is 1. The second-order valence-electron chi connectivity index (χ2n) is 4.77. The van der Waals surface area contributed by atoms with Gasteiger partial charge < -0.3 is 20.5 Å². The largest absolute Gasteiger partial charge is 0.497 e. The number of hydrogen-bond acceptors (Lipinski definition) is 4. The minimum atomic E-state index is -0.613. The summed E-state index contributed by atoms with van der Waals surface area (Å²) >= 11 is 0. The van der Waals surface area contributed by atoms with Crippen molar-refractivity contribution in [1.82, 2.24) is 0 Å². The van der Waals surface area contributed by atoms with Gasteiger partial charge in [0.15, 0.2) is 0 Å². The first-order valence-electron chi connectivity index (χ1n) is 7.07. The van der Waals surface area contributed by atoms with Gasteiger partial charge in [0.2, 0.25) is 5.91 Å². The normalized spacial score (nSPS) is 11.5. The molecule has 0 aliphatic rings. The molecule has 0 bridgehead atoms. The first-order chi connectivity index (χ1) is 10.7. The van der Waals surface area contributed by atoms with Gasteiger partial charge in [-0.1, -0.05) is 18.2 Å². The lowest BCUT2D eigenvalue weighted by molar-refractivity contribution is -0.117. The second kappa shape index (κ2) is 8.05. The highest BCUT2D eigenvalue weighted by molar-refractivity contribution is 5.94. The van der Waals surface area contributed by atoms with Crippen LogP contribution in [0.3, 0.4) is 0 Å². The van der Waals surface area contributed by atoms with Crippen LogP contribution >= 0.6 is 0 Å². The third-order valence-corrected chi connectivity index (χ3v) is 3.14. The smallest absolute Gasteiger partial charge is 0.241 e. The molecule has 0 aliphatic heterocycles. The number of methoxy groups -OCH3 is 1. The molecule has 0 saturated heterocycles. The van der Waals surface area contributed by atoms with E-state index in [-0.39, 0.29) is 5.91 Å². The Morgan fingerprint density at radius 1 is 1.09 bits per heavy atom. The molecule has 1 atom stereocenters. The quantitative estimate of drug-likeness (QED) is 0.823. The SMILES string of the molecule is COc1ccc(OCCC(N)C(=O)Nc2ccccc2)cc1. The molecule has 2 aromatic carbocycles. The van der Waals surface area contributed by atoms with Crippen molar-refractivity contribution >= 4 is 11.6 Å². The Bertz CT molecular complexity index is 585.